The molecule has 0 spiro atoms. The SMILES string of the molecule is Cl.NCc1ccc2c(c1)COB2O. The number of fused-ring (bicyclic) bond motifs is 1. The lowest BCUT2D eigenvalue weighted by Gasteiger charge is -2.00. The maximum Gasteiger partial charge on any atom is 0.491 e. The van der Waals surface area contributed by atoms with Crippen molar-refractivity contribution in [1.82, 2.24) is 0 Å². The van der Waals surface area contributed by atoms with Gasteiger partial charge in [-0.25, -0.2) is 0 Å². The smallest absolute Gasteiger partial charge is 0.423 e. The van der Waals surface area contributed by atoms with E-state index < -0.39 is 7.12 Å². The molecule has 0 unspecified atom stereocenters. The maximum absolute atomic E-state index is 9.29. The Morgan fingerprint density at radius 3 is 3.00 bits per heavy atom. The van der Waals surface area contributed by atoms with Crippen molar-refractivity contribution in [2.45, 2.75) is 13.2 Å². The summed E-state index contributed by atoms with van der Waals surface area (Å²) in [6, 6.07) is 5.76. The van der Waals surface area contributed by atoms with Crippen molar-refractivity contribution in [3.05, 3.63) is 29.3 Å². The van der Waals surface area contributed by atoms with Crippen LogP contribution in [0.5, 0.6) is 0 Å². The van der Waals surface area contributed by atoms with Crippen molar-refractivity contribution in [2.75, 3.05) is 0 Å². The molecule has 70 valence electrons. The molecule has 0 fully saturated rings. The highest BCUT2D eigenvalue weighted by Crippen LogP contribution is 2.11. The van der Waals surface area contributed by atoms with Gasteiger partial charge in [0.15, 0.2) is 0 Å². The summed E-state index contributed by atoms with van der Waals surface area (Å²) in [4.78, 5) is 0. The Kier molecular flexibility index (Phi) is 3.33. The summed E-state index contributed by atoms with van der Waals surface area (Å²) >= 11 is 0. The largest absolute Gasteiger partial charge is 0.491 e. The second-order valence-electron chi connectivity index (χ2n) is 2.90. The number of halogens is 1. The molecule has 0 amide bonds. The van der Waals surface area contributed by atoms with E-state index in [0.29, 0.717) is 13.2 Å². The first-order valence-electron chi connectivity index (χ1n) is 3.92. The van der Waals surface area contributed by atoms with Gasteiger partial charge < -0.3 is 15.4 Å². The average Bonchev–Trinajstić information content (AvgIpc) is 2.47. The predicted octanol–water partition coefficient (Wildman–Crippen LogP) is -0.215. The summed E-state index contributed by atoms with van der Waals surface area (Å²) in [6.45, 7) is 1.02. The quantitative estimate of drug-likeness (QED) is 0.615. The molecule has 3 N–H and O–H groups in total. The number of benzene rings is 1. The molecular weight excluding hydrogens is 188 g/mol. The standard InChI is InChI=1S/C8H10BNO2.ClH/c10-4-6-1-2-8-7(3-6)5-12-9(8)11;/h1-3,11H,4-5,10H2;1H. The molecule has 0 bridgehead atoms. The van der Waals surface area contributed by atoms with Crippen LogP contribution in [0.4, 0.5) is 0 Å². The van der Waals surface area contributed by atoms with E-state index in [2.05, 4.69) is 0 Å². The topological polar surface area (TPSA) is 55.5 Å². The van der Waals surface area contributed by atoms with E-state index in [-0.39, 0.29) is 12.4 Å². The predicted molar refractivity (Wildman–Crippen MR) is 54.0 cm³/mol. The molecule has 0 aromatic heterocycles. The van der Waals surface area contributed by atoms with Crippen LogP contribution >= 0.6 is 12.4 Å². The van der Waals surface area contributed by atoms with Gasteiger partial charge in [0.05, 0.1) is 6.61 Å². The fourth-order valence-electron chi connectivity index (χ4n) is 1.41. The third-order valence-electron chi connectivity index (χ3n) is 2.11. The fraction of sp³-hybridized carbons (Fsp3) is 0.250. The summed E-state index contributed by atoms with van der Waals surface area (Å²) in [5.41, 5.74) is 8.47. The van der Waals surface area contributed by atoms with Gasteiger partial charge in [-0.1, -0.05) is 18.2 Å². The third-order valence-corrected chi connectivity index (χ3v) is 2.11. The molecule has 0 saturated heterocycles. The first-order valence-corrected chi connectivity index (χ1v) is 3.92. The van der Waals surface area contributed by atoms with Gasteiger partial charge in [0.25, 0.3) is 0 Å². The highest BCUT2D eigenvalue weighted by molar-refractivity contribution is 6.61. The van der Waals surface area contributed by atoms with E-state index in [1.165, 1.54) is 0 Å². The van der Waals surface area contributed by atoms with Crippen LogP contribution in [-0.4, -0.2) is 12.1 Å². The van der Waals surface area contributed by atoms with Gasteiger partial charge in [-0.05, 0) is 16.6 Å². The zero-order valence-electron chi connectivity index (χ0n) is 7.06. The molecule has 0 aliphatic carbocycles. The van der Waals surface area contributed by atoms with Crippen LogP contribution in [0.3, 0.4) is 0 Å². The van der Waals surface area contributed by atoms with Gasteiger partial charge >= 0.3 is 7.12 Å². The summed E-state index contributed by atoms with van der Waals surface area (Å²) in [6.07, 6.45) is 0. The van der Waals surface area contributed by atoms with Crippen LogP contribution in [0.25, 0.3) is 0 Å². The summed E-state index contributed by atoms with van der Waals surface area (Å²) in [5, 5.41) is 9.29. The monoisotopic (exact) mass is 199 g/mol. The Balaban J connectivity index is 0.000000845. The van der Waals surface area contributed by atoms with Gasteiger partial charge in [0.2, 0.25) is 0 Å². The number of hydrogen-bond acceptors (Lipinski definition) is 3. The minimum absolute atomic E-state index is 0. The summed E-state index contributed by atoms with van der Waals surface area (Å²) < 4.78 is 5.04. The van der Waals surface area contributed by atoms with Crippen molar-refractivity contribution in [2.24, 2.45) is 5.73 Å². The lowest BCUT2D eigenvalue weighted by molar-refractivity contribution is 0.275. The minimum atomic E-state index is -0.744. The van der Waals surface area contributed by atoms with Crippen molar-refractivity contribution < 1.29 is 9.68 Å². The Hall–Kier alpha value is -0.545. The number of nitrogens with two attached hydrogens (primary N) is 1. The zero-order valence-corrected chi connectivity index (χ0v) is 7.88. The Labute approximate surface area is 83.4 Å². The molecule has 1 aromatic rings. The van der Waals surface area contributed by atoms with E-state index in [1.54, 1.807) is 0 Å². The first-order chi connectivity index (χ1) is 5.81. The normalized spacial score (nSPS) is 13.8. The van der Waals surface area contributed by atoms with Crippen molar-refractivity contribution >= 4 is 25.0 Å². The molecule has 0 saturated carbocycles. The van der Waals surface area contributed by atoms with Gasteiger partial charge in [-0.2, -0.15) is 0 Å². The van der Waals surface area contributed by atoms with Crippen LogP contribution in [0.2, 0.25) is 0 Å². The zero-order chi connectivity index (χ0) is 8.55. The van der Waals surface area contributed by atoms with Gasteiger partial charge in [-0.15, -0.1) is 12.4 Å². The van der Waals surface area contributed by atoms with Crippen LogP contribution < -0.4 is 11.2 Å². The summed E-state index contributed by atoms with van der Waals surface area (Å²) in [5.74, 6) is 0. The van der Waals surface area contributed by atoms with Crippen molar-refractivity contribution in [1.29, 1.82) is 0 Å². The molecule has 1 heterocycles. The van der Waals surface area contributed by atoms with E-state index >= 15 is 0 Å². The minimum Gasteiger partial charge on any atom is -0.423 e. The van der Waals surface area contributed by atoms with Crippen LogP contribution in [0.15, 0.2) is 18.2 Å². The second-order valence-corrected chi connectivity index (χ2v) is 2.90. The highest BCUT2D eigenvalue weighted by Gasteiger charge is 2.26. The lowest BCUT2D eigenvalue weighted by Crippen LogP contribution is -2.27. The molecule has 2 rings (SSSR count). The molecule has 1 aliphatic heterocycles. The molecule has 1 aromatic carbocycles. The van der Waals surface area contributed by atoms with E-state index in [4.69, 9.17) is 10.4 Å². The Morgan fingerprint density at radius 2 is 2.31 bits per heavy atom. The fourth-order valence-corrected chi connectivity index (χ4v) is 1.41. The molecule has 5 heteroatoms. The highest BCUT2D eigenvalue weighted by atomic mass is 35.5. The van der Waals surface area contributed by atoms with Gasteiger partial charge in [0, 0.05) is 6.54 Å². The summed E-state index contributed by atoms with van der Waals surface area (Å²) in [7, 11) is -0.744. The Morgan fingerprint density at radius 1 is 1.54 bits per heavy atom. The average molecular weight is 199 g/mol. The molecule has 13 heavy (non-hydrogen) atoms. The van der Waals surface area contributed by atoms with Crippen LogP contribution in [-0.2, 0) is 17.8 Å². The van der Waals surface area contributed by atoms with E-state index in [9.17, 15) is 5.02 Å². The van der Waals surface area contributed by atoms with E-state index in [0.717, 1.165) is 16.6 Å². The Bertz CT molecular complexity index is 308. The third kappa shape index (κ3) is 1.86. The lowest BCUT2D eigenvalue weighted by atomic mass is 9.79. The van der Waals surface area contributed by atoms with Crippen molar-refractivity contribution in [3.8, 4) is 0 Å². The molecule has 3 nitrogen and oxygen atoms in total. The molecule has 0 radical (unpaired) electrons. The van der Waals surface area contributed by atoms with Gasteiger partial charge in [0.1, 0.15) is 0 Å². The second kappa shape index (κ2) is 4.11. The van der Waals surface area contributed by atoms with Crippen molar-refractivity contribution in [3.63, 3.8) is 0 Å². The molecule has 1 aliphatic rings. The van der Waals surface area contributed by atoms with Crippen LogP contribution in [0.1, 0.15) is 11.1 Å². The number of rotatable bonds is 1. The first kappa shape index (κ1) is 10.5. The molecular formula is C8H11BClNO2. The van der Waals surface area contributed by atoms with Gasteiger partial charge in [-0.3, -0.25) is 0 Å². The van der Waals surface area contributed by atoms with Crippen LogP contribution in [0, 0.1) is 0 Å². The van der Waals surface area contributed by atoms with E-state index in [1.807, 2.05) is 18.2 Å². The molecule has 0 atom stereocenters. The number of hydrogen-bond donors (Lipinski definition) is 2. The maximum atomic E-state index is 9.29.